The number of aryl methyl sites for hydroxylation is 1. The number of nitrogens with zero attached hydrogens (tertiary/aromatic N) is 2. The second-order valence-corrected chi connectivity index (χ2v) is 11.0. The third-order valence-electron chi connectivity index (χ3n) is 6.26. The van der Waals surface area contributed by atoms with Gasteiger partial charge in [0.2, 0.25) is 0 Å². The minimum Gasteiger partial charge on any atom is -0.486 e. The molecule has 5 aromatic rings. The number of halogens is 3. The second kappa shape index (κ2) is 12.6. The van der Waals surface area contributed by atoms with Gasteiger partial charge < -0.3 is 9.30 Å². The first-order valence-corrected chi connectivity index (χ1v) is 14.3. The van der Waals surface area contributed by atoms with Crippen LogP contribution in [0.5, 0.6) is 5.75 Å². The molecule has 40 heavy (non-hydrogen) atoms. The Kier molecular flexibility index (Phi) is 8.76. The van der Waals surface area contributed by atoms with Crippen molar-refractivity contribution in [1.29, 1.82) is 0 Å². The predicted molar refractivity (Wildman–Crippen MR) is 169 cm³/mol. The number of rotatable bonds is 8. The van der Waals surface area contributed by atoms with Crippen LogP contribution in [0, 0.1) is 16.3 Å². The van der Waals surface area contributed by atoms with Gasteiger partial charge in [-0.2, -0.15) is 5.10 Å². The lowest BCUT2D eigenvalue weighted by Gasteiger charge is -2.13. The van der Waals surface area contributed by atoms with E-state index in [-0.39, 0.29) is 18.3 Å². The van der Waals surface area contributed by atoms with Crippen LogP contribution in [-0.4, -0.2) is 16.7 Å². The summed E-state index contributed by atoms with van der Waals surface area (Å²) in [5, 5.41) is 4.13. The lowest BCUT2D eigenvalue weighted by atomic mass is 10.1. The van der Waals surface area contributed by atoms with E-state index in [2.05, 4.69) is 84.8 Å². The van der Waals surface area contributed by atoms with Gasteiger partial charge in [-0.3, -0.25) is 4.79 Å². The van der Waals surface area contributed by atoms with Crippen LogP contribution in [0.15, 0.2) is 113 Å². The van der Waals surface area contributed by atoms with E-state index in [1.165, 1.54) is 6.07 Å². The maximum atomic E-state index is 13.9. The molecular weight excluding hydrogens is 684 g/mol. The van der Waals surface area contributed by atoms with E-state index in [1.54, 1.807) is 36.5 Å². The molecule has 1 heterocycles. The number of ether oxygens (including phenoxy) is 1. The van der Waals surface area contributed by atoms with Gasteiger partial charge in [0, 0.05) is 22.5 Å². The quantitative estimate of drug-likeness (QED) is 0.100. The molecule has 8 heteroatoms. The Bertz CT molecular complexity index is 1660. The van der Waals surface area contributed by atoms with Crippen LogP contribution >= 0.6 is 38.5 Å². The summed E-state index contributed by atoms with van der Waals surface area (Å²) < 4.78 is 23.5. The molecule has 0 atom stereocenters. The van der Waals surface area contributed by atoms with Crippen molar-refractivity contribution in [2.24, 2.45) is 5.10 Å². The average molecular weight is 708 g/mol. The fraction of sp³-hybridized carbons (Fsp3) is 0.0625. The Balaban J connectivity index is 1.24. The van der Waals surface area contributed by atoms with Gasteiger partial charge in [-0.15, -0.1) is 0 Å². The van der Waals surface area contributed by atoms with Crippen molar-refractivity contribution in [2.75, 3.05) is 0 Å². The molecule has 0 radical (unpaired) electrons. The highest BCUT2D eigenvalue weighted by Crippen LogP contribution is 2.32. The third kappa shape index (κ3) is 6.34. The van der Waals surface area contributed by atoms with E-state index in [0.717, 1.165) is 31.8 Å². The minimum atomic E-state index is -0.311. The largest absolute Gasteiger partial charge is 0.486 e. The van der Waals surface area contributed by atoms with Gasteiger partial charge in [0.05, 0.1) is 20.0 Å². The smallest absolute Gasteiger partial charge is 0.271 e. The third-order valence-corrected chi connectivity index (χ3v) is 7.65. The van der Waals surface area contributed by atoms with E-state index >= 15 is 0 Å². The van der Waals surface area contributed by atoms with Crippen LogP contribution in [0.3, 0.4) is 0 Å². The Morgan fingerprint density at radius 2 is 1.73 bits per heavy atom. The van der Waals surface area contributed by atoms with E-state index in [1.807, 2.05) is 42.5 Å². The summed E-state index contributed by atoms with van der Waals surface area (Å²) >= 11 is 5.67. The zero-order valence-electron chi connectivity index (χ0n) is 21.4. The Hall–Kier alpha value is -3.76. The van der Waals surface area contributed by atoms with Crippen LogP contribution < -0.4 is 10.2 Å². The molecule has 200 valence electrons. The van der Waals surface area contributed by atoms with Gasteiger partial charge in [0.15, 0.2) is 0 Å². The van der Waals surface area contributed by atoms with Crippen LogP contribution in [0.2, 0.25) is 0 Å². The van der Waals surface area contributed by atoms with E-state index in [4.69, 9.17) is 4.74 Å². The highest BCUT2D eigenvalue weighted by Gasteiger charge is 2.12. The topological polar surface area (TPSA) is 55.6 Å². The molecule has 0 saturated heterocycles. The number of benzene rings is 4. The molecule has 0 fully saturated rings. The molecule has 0 bridgehead atoms. The van der Waals surface area contributed by atoms with E-state index in [9.17, 15) is 9.18 Å². The fourth-order valence-corrected chi connectivity index (χ4v) is 6.03. The van der Waals surface area contributed by atoms with Crippen LogP contribution in [0.1, 0.15) is 27.2 Å². The number of hydrazone groups is 1. The monoisotopic (exact) mass is 707 g/mol. The molecule has 5 nitrogen and oxygen atoms in total. The molecule has 0 aliphatic heterocycles. The lowest BCUT2D eigenvalue weighted by molar-refractivity contribution is 0.0955. The lowest BCUT2D eigenvalue weighted by Crippen LogP contribution is -2.17. The first-order valence-electron chi connectivity index (χ1n) is 12.4. The molecule has 0 spiro atoms. The Labute approximate surface area is 254 Å². The molecule has 0 unspecified atom stereocenters. The molecule has 5 rings (SSSR count). The van der Waals surface area contributed by atoms with Gasteiger partial charge in [-0.1, -0.05) is 48.5 Å². The molecule has 0 aliphatic rings. The molecule has 0 saturated carbocycles. The minimum absolute atomic E-state index is 0.112. The highest BCUT2D eigenvalue weighted by atomic mass is 127. The molecule has 0 aliphatic carbocycles. The number of hydrogen-bond donors (Lipinski definition) is 1. The molecule has 1 amide bonds. The predicted octanol–water partition coefficient (Wildman–Crippen LogP) is 8.30. The summed E-state index contributed by atoms with van der Waals surface area (Å²) in [5.74, 6) is -0.00747. The summed E-state index contributed by atoms with van der Waals surface area (Å²) in [4.78, 5) is 12.7. The van der Waals surface area contributed by atoms with Crippen molar-refractivity contribution in [2.45, 2.75) is 13.5 Å². The summed E-state index contributed by atoms with van der Waals surface area (Å²) in [6.07, 6.45) is 1.56. The van der Waals surface area contributed by atoms with Crippen LogP contribution in [0.25, 0.3) is 16.9 Å². The standard InChI is InChI=1S/C32H24BrFIN3O2/c1-21-11-16-30(23-7-3-2-4-8-23)38(21)26-14-12-24(13-15-26)32(39)37-36-19-22-17-27(33)31(29(35)18-22)40-20-25-9-5-6-10-28(25)34/h2-19H,20H2,1H3,(H,37,39)/b36-19+. The maximum Gasteiger partial charge on any atom is 0.271 e. The van der Waals surface area contributed by atoms with Gasteiger partial charge in [0.1, 0.15) is 18.2 Å². The second-order valence-electron chi connectivity index (χ2n) is 9.00. The van der Waals surface area contributed by atoms with Crippen molar-refractivity contribution in [3.63, 3.8) is 0 Å². The fourth-order valence-electron chi connectivity index (χ4n) is 4.26. The molecule has 1 N–H and O–H groups in total. The van der Waals surface area contributed by atoms with Crippen LogP contribution in [-0.2, 0) is 6.61 Å². The normalized spacial score (nSPS) is 11.1. The molecule has 4 aromatic carbocycles. The van der Waals surface area contributed by atoms with E-state index in [0.29, 0.717) is 21.3 Å². The molecular formula is C32H24BrFIN3O2. The number of carbonyl (C=O) groups is 1. The zero-order chi connectivity index (χ0) is 28.1. The van der Waals surface area contributed by atoms with E-state index < -0.39 is 0 Å². The summed E-state index contributed by atoms with van der Waals surface area (Å²) in [7, 11) is 0. The van der Waals surface area contributed by atoms with Crippen molar-refractivity contribution < 1.29 is 13.9 Å². The van der Waals surface area contributed by atoms with Gasteiger partial charge in [0.25, 0.3) is 5.91 Å². The van der Waals surface area contributed by atoms with Crippen molar-refractivity contribution in [3.05, 3.63) is 139 Å². The first kappa shape index (κ1) is 27.8. The number of nitrogens with one attached hydrogen (secondary N) is 1. The average Bonchev–Trinajstić information content (AvgIpc) is 3.35. The first-order chi connectivity index (χ1) is 19.4. The highest BCUT2D eigenvalue weighted by molar-refractivity contribution is 14.1. The number of hydrogen-bond acceptors (Lipinski definition) is 3. The molecule has 1 aromatic heterocycles. The van der Waals surface area contributed by atoms with Gasteiger partial charge in [-0.05, 0) is 111 Å². The zero-order valence-corrected chi connectivity index (χ0v) is 25.2. The number of carbonyl (C=O) groups excluding carboxylic acids is 1. The summed E-state index contributed by atoms with van der Waals surface area (Å²) in [6, 6.07) is 32.0. The Morgan fingerprint density at radius 1 is 1.00 bits per heavy atom. The van der Waals surface area contributed by atoms with Crippen molar-refractivity contribution in [1.82, 2.24) is 9.99 Å². The van der Waals surface area contributed by atoms with Crippen molar-refractivity contribution in [3.8, 4) is 22.7 Å². The van der Waals surface area contributed by atoms with Crippen molar-refractivity contribution >= 4 is 50.6 Å². The van der Waals surface area contributed by atoms with Gasteiger partial charge in [-0.25, -0.2) is 9.82 Å². The van der Waals surface area contributed by atoms with Crippen LogP contribution in [0.4, 0.5) is 4.39 Å². The summed E-state index contributed by atoms with van der Waals surface area (Å²) in [5.41, 5.74) is 8.62. The number of amides is 1. The Morgan fingerprint density at radius 3 is 2.45 bits per heavy atom. The summed E-state index contributed by atoms with van der Waals surface area (Å²) in [6.45, 7) is 2.17. The number of aromatic nitrogens is 1. The SMILES string of the molecule is Cc1ccc(-c2ccccc2)n1-c1ccc(C(=O)N/N=C/c2cc(Br)c(OCc3ccccc3F)c(I)c2)cc1. The van der Waals surface area contributed by atoms with Gasteiger partial charge >= 0.3 is 0 Å². The maximum absolute atomic E-state index is 13.9.